The second kappa shape index (κ2) is 7.06. The third-order valence-corrected chi connectivity index (χ3v) is 3.79. The molecule has 0 radical (unpaired) electrons. The molecule has 0 unspecified atom stereocenters. The van der Waals surface area contributed by atoms with Crippen LogP contribution in [0.25, 0.3) is 6.08 Å². The number of halogens is 1. The summed E-state index contributed by atoms with van der Waals surface area (Å²) < 4.78 is 0. The SMILES string of the molecule is O=C(O)C=Cc1csc(CNC(=O)c2cccc(Cl)c2)c1. The molecule has 0 saturated heterocycles. The van der Waals surface area contributed by atoms with Crippen molar-refractivity contribution < 1.29 is 14.7 Å². The molecule has 0 aliphatic carbocycles. The van der Waals surface area contributed by atoms with Crippen LogP contribution in [0, 0.1) is 0 Å². The Balaban J connectivity index is 1.94. The number of hydrogen-bond acceptors (Lipinski definition) is 3. The number of rotatable bonds is 5. The van der Waals surface area contributed by atoms with Gasteiger partial charge in [-0.1, -0.05) is 17.7 Å². The number of benzene rings is 1. The lowest BCUT2D eigenvalue weighted by Gasteiger charge is -2.03. The van der Waals surface area contributed by atoms with Crippen LogP contribution in [0.1, 0.15) is 20.8 Å². The number of carbonyl (C=O) groups excluding carboxylic acids is 1. The van der Waals surface area contributed by atoms with Crippen LogP contribution in [-0.2, 0) is 11.3 Å². The van der Waals surface area contributed by atoms with E-state index in [-0.39, 0.29) is 5.91 Å². The Morgan fingerprint density at radius 2 is 2.14 bits per heavy atom. The average molecular weight is 322 g/mol. The van der Waals surface area contributed by atoms with Gasteiger partial charge in [0, 0.05) is 21.5 Å². The van der Waals surface area contributed by atoms with E-state index in [1.165, 1.54) is 17.4 Å². The third-order valence-electron chi connectivity index (χ3n) is 2.60. The summed E-state index contributed by atoms with van der Waals surface area (Å²) in [6.45, 7) is 0.386. The zero-order valence-electron chi connectivity index (χ0n) is 10.9. The molecule has 2 rings (SSSR count). The van der Waals surface area contributed by atoms with Crippen molar-refractivity contribution in [3.8, 4) is 0 Å². The maximum Gasteiger partial charge on any atom is 0.328 e. The van der Waals surface area contributed by atoms with Gasteiger partial charge >= 0.3 is 5.97 Å². The molecule has 2 aromatic rings. The second-order valence-electron chi connectivity index (χ2n) is 4.21. The molecule has 0 aliphatic rings. The number of carboxylic acids is 1. The van der Waals surface area contributed by atoms with Crippen molar-refractivity contribution in [1.29, 1.82) is 0 Å². The van der Waals surface area contributed by atoms with E-state index in [1.54, 1.807) is 24.3 Å². The van der Waals surface area contributed by atoms with E-state index in [0.29, 0.717) is 17.1 Å². The Hall–Kier alpha value is -2.11. The lowest BCUT2D eigenvalue weighted by molar-refractivity contribution is -0.131. The maximum absolute atomic E-state index is 11.9. The first kappa shape index (κ1) is 15.3. The molecule has 108 valence electrons. The molecule has 21 heavy (non-hydrogen) atoms. The van der Waals surface area contributed by atoms with Crippen LogP contribution in [0.4, 0.5) is 0 Å². The largest absolute Gasteiger partial charge is 0.478 e. The van der Waals surface area contributed by atoms with Gasteiger partial charge in [0.25, 0.3) is 5.91 Å². The lowest BCUT2D eigenvalue weighted by Crippen LogP contribution is -2.22. The van der Waals surface area contributed by atoms with Gasteiger partial charge in [0.1, 0.15) is 0 Å². The first-order chi connectivity index (χ1) is 10.0. The van der Waals surface area contributed by atoms with E-state index >= 15 is 0 Å². The quantitative estimate of drug-likeness (QED) is 0.829. The van der Waals surface area contributed by atoms with Crippen LogP contribution in [0.2, 0.25) is 5.02 Å². The summed E-state index contributed by atoms with van der Waals surface area (Å²) in [4.78, 5) is 23.3. The van der Waals surface area contributed by atoms with Crippen LogP contribution in [0.3, 0.4) is 0 Å². The van der Waals surface area contributed by atoms with Gasteiger partial charge < -0.3 is 10.4 Å². The van der Waals surface area contributed by atoms with Gasteiger partial charge in [-0.3, -0.25) is 4.79 Å². The van der Waals surface area contributed by atoms with Crippen molar-refractivity contribution in [1.82, 2.24) is 5.32 Å². The molecule has 1 aromatic heterocycles. The van der Waals surface area contributed by atoms with Gasteiger partial charge in [0.15, 0.2) is 0 Å². The summed E-state index contributed by atoms with van der Waals surface area (Å²) in [5, 5.41) is 13.7. The van der Waals surface area contributed by atoms with Crippen molar-refractivity contribution in [2.24, 2.45) is 0 Å². The van der Waals surface area contributed by atoms with Gasteiger partial charge in [0.2, 0.25) is 0 Å². The number of carboxylic acid groups (broad SMARTS) is 1. The fourth-order valence-corrected chi connectivity index (χ4v) is 2.63. The molecule has 0 bridgehead atoms. The van der Waals surface area contributed by atoms with E-state index in [0.717, 1.165) is 16.5 Å². The Morgan fingerprint density at radius 1 is 1.33 bits per heavy atom. The van der Waals surface area contributed by atoms with Gasteiger partial charge in [-0.2, -0.15) is 0 Å². The Morgan fingerprint density at radius 3 is 2.86 bits per heavy atom. The minimum atomic E-state index is -0.989. The second-order valence-corrected chi connectivity index (χ2v) is 5.64. The summed E-state index contributed by atoms with van der Waals surface area (Å²) >= 11 is 7.29. The standard InChI is InChI=1S/C15H12ClNO3S/c16-12-3-1-2-11(7-12)15(20)17-8-13-6-10(9-21-13)4-5-14(18)19/h1-7,9H,8H2,(H,17,20)(H,18,19). The van der Waals surface area contributed by atoms with E-state index in [1.807, 2.05) is 11.4 Å². The van der Waals surface area contributed by atoms with E-state index in [2.05, 4.69) is 5.32 Å². The van der Waals surface area contributed by atoms with Crippen LogP contribution in [-0.4, -0.2) is 17.0 Å². The van der Waals surface area contributed by atoms with Crippen LogP contribution in [0.15, 0.2) is 41.8 Å². The third kappa shape index (κ3) is 4.73. The number of amides is 1. The predicted octanol–water partition coefficient (Wildman–Crippen LogP) is 3.43. The van der Waals surface area contributed by atoms with Crippen molar-refractivity contribution >= 4 is 40.9 Å². The number of hydrogen-bond donors (Lipinski definition) is 2. The van der Waals surface area contributed by atoms with Crippen molar-refractivity contribution in [2.45, 2.75) is 6.54 Å². The fraction of sp³-hybridized carbons (Fsp3) is 0.0667. The zero-order valence-corrected chi connectivity index (χ0v) is 12.4. The molecule has 1 amide bonds. The summed E-state index contributed by atoms with van der Waals surface area (Å²) in [5.74, 6) is -1.19. The van der Waals surface area contributed by atoms with E-state index < -0.39 is 5.97 Å². The normalized spacial score (nSPS) is 10.7. The Labute approximate surface area is 130 Å². The maximum atomic E-state index is 11.9. The summed E-state index contributed by atoms with van der Waals surface area (Å²) in [7, 11) is 0. The van der Waals surface area contributed by atoms with Gasteiger partial charge in [-0.25, -0.2) is 4.79 Å². The molecule has 1 heterocycles. The highest BCUT2D eigenvalue weighted by molar-refractivity contribution is 7.10. The highest BCUT2D eigenvalue weighted by atomic mass is 35.5. The zero-order chi connectivity index (χ0) is 15.2. The minimum absolute atomic E-state index is 0.200. The molecular formula is C15H12ClNO3S. The lowest BCUT2D eigenvalue weighted by atomic mass is 10.2. The van der Waals surface area contributed by atoms with E-state index in [4.69, 9.17) is 16.7 Å². The van der Waals surface area contributed by atoms with Crippen LogP contribution >= 0.6 is 22.9 Å². The first-order valence-corrected chi connectivity index (χ1v) is 7.32. The molecule has 4 nitrogen and oxygen atoms in total. The fourth-order valence-electron chi connectivity index (χ4n) is 1.64. The molecule has 0 spiro atoms. The summed E-state index contributed by atoms with van der Waals surface area (Å²) in [6, 6.07) is 8.56. The topological polar surface area (TPSA) is 66.4 Å². The van der Waals surface area contributed by atoms with E-state index in [9.17, 15) is 9.59 Å². The van der Waals surface area contributed by atoms with Crippen molar-refractivity contribution in [3.63, 3.8) is 0 Å². The Kier molecular flexibility index (Phi) is 5.14. The molecule has 0 saturated carbocycles. The molecule has 0 atom stereocenters. The summed E-state index contributed by atoms with van der Waals surface area (Å²) in [5.41, 5.74) is 1.31. The van der Waals surface area contributed by atoms with Gasteiger partial charge in [-0.15, -0.1) is 11.3 Å². The molecular weight excluding hydrogens is 310 g/mol. The predicted molar refractivity (Wildman–Crippen MR) is 83.6 cm³/mol. The number of carbonyl (C=O) groups is 2. The van der Waals surface area contributed by atoms with Gasteiger partial charge in [-0.05, 0) is 41.3 Å². The van der Waals surface area contributed by atoms with Crippen molar-refractivity contribution in [3.05, 3.63) is 62.8 Å². The highest BCUT2D eigenvalue weighted by Crippen LogP contribution is 2.16. The highest BCUT2D eigenvalue weighted by Gasteiger charge is 2.06. The molecule has 1 aromatic carbocycles. The molecule has 2 N–H and O–H groups in total. The number of aliphatic carboxylic acids is 1. The average Bonchev–Trinajstić information content (AvgIpc) is 2.90. The minimum Gasteiger partial charge on any atom is -0.478 e. The summed E-state index contributed by atoms with van der Waals surface area (Å²) in [6.07, 6.45) is 2.59. The molecule has 0 fully saturated rings. The van der Waals surface area contributed by atoms with Gasteiger partial charge in [0.05, 0.1) is 6.54 Å². The number of nitrogens with one attached hydrogen (secondary N) is 1. The first-order valence-electron chi connectivity index (χ1n) is 6.07. The monoisotopic (exact) mass is 321 g/mol. The molecule has 6 heteroatoms. The van der Waals surface area contributed by atoms with Crippen molar-refractivity contribution in [2.75, 3.05) is 0 Å². The van der Waals surface area contributed by atoms with Crippen LogP contribution < -0.4 is 5.32 Å². The smallest absolute Gasteiger partial charge is 0.328 e. The molecule has 0 aliphatic heterocycles. The Bertz CT molecular complexity index is 694. The number of thiophene rings is 1. The van der Waals surface area contributed by atoms with Crippen LogP contribution in [0.5, 0.6) is 0 Å².